The molecule has 0 N–H and O–H groups in total. The van der Waals surface area contributed by atoms with E-state index in [1.165, 1.54) is 0 Å². The molecule has 4 heteroatoms. The van der Waals surface area contributed by atoms with E-state index >= 15 is 0 Å². The van der Waals surface area contributed by atoms with Crippen molar-refractivity contribution in [2.75, 3.05) is 13.2 Å². The lowest BCUT2D eigenvalue weighted by molar-refractivity contribution is 0.196. The van der Waals surface area contributed by atoms with Crippen LogP contribution in [0.25, 0.3) is 0 Å². The number of rotatable bonds is 9. The Kier molecular flexibility index (Phi) is 15.5. The first-order chi connectivity index (χ1) is 6.35. The highest BCUT2D eigenvalue weighted by atomic mass is 28.3. The van der Waals surface area contributed by atoms with E-state index in [1.54, 1.807) is 0 Å². The van der Waals surface area contributed by atoms with Gasteiger partial charge in [0.2, 0.25) is 0 Å². The zero-order chi connectivity index (χ0) is 9.94. The molecule has 0 saturated carbocycles. The van der Waals surface area contributed by atoms with Gasteiger partial charge in [-0.15, -0.1) is 6.58 Å². The van der Waals surface area contributed by atoms with Crippen LogP contribution in [0.15, 0.2) is 12.7 Å². The van der Waals surface area contributed by atoms with Crippen LogP contribution in [0, 0.1) is 0 Å². The fourth-order valence-electron chi connectivity index (χ4n) is 0.967. The molecule has 0 aliphatic carbocycles. The highest BCUT2D eigenvalue weighted by Gasteiger charge is 2.10. The third kappa shape index (κ3) is 10.2. The summed E-state index contributed by atoms with van der Waals surface area (Å²) in [5, 5.41) is 0. The van der Waals surface area contributed by atoms with Crippen molar-refractivity contribution in [2.45, 2.75) is 39.2 Å². The van der Waals surface area contributed by atoms with Crippen LogP contribution in [0.4, 0.5) is 0 Å². The molecule has 0 aromatic carbocycles. The van der Waals surface area contributed by atoms with Crippen LogP contribution in [0.2, 0.25) is 6.04 Å². The van der Waals surface area contributed by atoms with Gasteiger partial charge in [-0.2, -0.15) is 0 Å². The van der Waals surface area contributed by atoms with Crippen molar-refractivity contribution >= 4 is 20.2 Å². The molecule has 0 spiro atoms. The van der Waals surface area contributed by atoms with Crippen molar-refractivity contribution in [2.24, 2.45) is 0 Å². The van der Waals surface area contributed by atoms with Gasteiger partial charge in [-0.1, -0.05) is 19.9 Å². The van der Waals surface area contributed by atoms with Crippen LogP contribution in [0.1, 0.15) is 33.1 Å². The Hall–Kier alpha value is 0.0938. The van der Waals surface area contributed by atoms with E-state index in [4.69, 9.17) is 8.85 Å². The van der Waals surface area contributed by atoms with Gasteiger partial charge >= 0.3 is 9.28 Å². The van der Waals surface area contributed by atoms with Gasteiger partial charge in [0.1, 0.15) is 0 Å². The summed E-state index contributed by atoms with van der Waals surface area (Å²) in [6, 6.07) is 1.06. The highest BCUT2D eigenvalue weighted by molar-refractivity contribution is 6.44. The molecule has 2 nitrogen and oxygen atoms in total. The van der Waals surface area contributed by atoms with Gasteiger partial charge in [0.25, 0.3) is 0 Å². The SMILES string of the molecule is C=CCC[SiH](OCCC)OCCC.[SiH4]. The summed E-state index contributed by atoms with van der Waals surface area (Å²) in [5.41, 5.74) is 0. The first kappa shape index (κ1) is 16.5. The molecule has 0 unspecified atom stereocenters. The first-order valence-electron chi connectivity index (χ1n) is 5.19. The zero-order valence-electron chi connectivity index (χ0n) is 8.92. The van der Waals surface area contributed by atoms with E-state index < -0.39 is 9.28 Å². The lowest BCUT2D eigenvalue weighted by Gasteiger charge is -2.14. The number of hydrogen-bond acceptors (Lipinski definition) is 2. The van der Waals surface area contributed by atoms with Gasteiger partial charge in [-0.3, -0.25) is 0 Å². The van der Waals surface area contributed by atoms with E-state index in [1.807, 2.05) is 6.08 Å². The van der Waals surface area contributed by atoms with Crippen molar-refractivity contribution in [3.05, 3.63) is 12.7 Å². The molecule has 0 bridgehead atoms. The van der Waals surface area contributed by atoms with E-state index in [9.17, 15) is 0 Å². The predicted octanol–water partition coefficient (Wildman–Crippen LogP) is 1.18. The van der Waals surface area contributed by atoms with Gasteiger partial charge in [-0.05, 0) is 36.3 Å². The van der Waals surface area contributed by atoms with Gasteiger partial charge in [-0.25, -0.2) is 0 Å². The first-order valence-corrected chi connectivity index (χ1v) is 6.95. The molecule has 0 atom stereocenters. The molecule has 0 aromatic rings. The normalized spacial score (nSPS) is 9.93. The molecule has 0 aromatic heterocycles. The molecule has 0 amide bonds. The van der Waals surface area contributed by atoms with Crippen molar-refractivity contribution in [3.8, 4) is 0 Å². The molecule has 0 saturated heterocycles. The van der Waals surface area contributed by atoms with Gasteiger partial charge < -0.3 is 8.85 Å². The summed E-state index contributed by atoms with van der Waals surface area (Å²) >= 11 is 0. The molecular weight excluding hydrogens is 208 g/mol. The van der Waals surface area contributed by atoms with E-state index in [-0.39, 0.29) is 11.0 Å². The molecule has 0 aliphatic rings. The lowest BCUT2D eigenvalue weighted by Crippen LogP contribution is -2.23. The van der Waals surface area contributed by atoms with Crippen LogP contribution >= 0.6 is 0 Å². The molecule has 86 valence electrons. The maximum Gasteiger partial charge on any atom is 0.321 e. The Morgan fingerprint density at radius 1 is 1.14 bits per heavy atom. The molecule has 0 aliphatic heterocycles. The monoisotopic (exact) mass is 234 g/mol. The fraction of sp³-hybridized carbons (Fsp3) is 0.800. The second-order valence-electron chi connectivity index (χ2n) is 3.04. The molecule has 0 heterocycles. The van der Waals surface area contributed by atoms with Crippen LogP contribution in [0.5, 0.6) is 0 Å². The molecule has 0 radical (unpaired) electrons. The second-order valence-corrected chi connectivity index (χ2v) is 5.14. The quantitative estimate of drug-likeness (QED) is 0.441. The molecule has 0 rings (SSSR count). The summed E-state index contributed by atoms with van der Waals surface area (Å²) in [6.07, 6.45) is 5.11. The minimum Gasteiger partial charge on any atom is -0.397 e. The van der Waals surface area contributed by atoms with Crippen LogP contribution in [0.3, 0.4) is 0 Å². The van der Waals surface area contributed by atoms with Crippen LogP contribution in [-0.2, 0) is 8.85 Å². The summed E-state index contributed by atoms with van der Waals surface area (Å²) < 4.78 is 11.3. The van der Waals surface area contributed by atoms with Gasteiger partial charge in [0.05, 0.1) is 0 Å². The Morgan fingerprint density at radius 2 is 1.64 bits per heavy atom. The Labute approximate surface area is 94.6 Å². The largest absolute Gasteiger partial charge is 0.397 e. The van der Waals surface area contributed by atoms with E-state index in [2.05, 4.69) is 20.4 Å². The topological polar surface area (TPSA) is 18.5 Å². The molecule has 14 heavy (non-hydrogen) atoms. The third-order valence-electron chi connectivity index (χ3n) is 1.62. The third-order valence-corrected chi connectivity index (χ3v) is 3.64. The standard InChI is InChI=1S/C10H22O2Si.H4Si/c1-4-7-10-13(11-8-5-2)12-9-6-3;/h4,13H,1,5-10H2,2-3H3;1H4. The summed E-state index contributed by atoms with van der Waals surface area (Å²) in [6.45, 7) is 9.64. The minimum absolute atomic E-state index is 0. The van der Waals surface area contributed by atoms with E-state index in [0.29, 0.717) is 0 Å². The number of allylic oxidation sites excluding steroid dienone is 1. The van der Waals surface area contributed by atoms with Crippen molar-refractivity contribution in [1.82, 2.24) is 0 Å². The lowest BCUT2D eigenvalue weighted by atomic mass is 10.5. The maximum absolute atomic E-state index is 5.66. The highest BCUT2D eigenvalue weighted by Crippen LogP contribution is 2.03. The average molecular weight is 234 g/mol. The maximum atomic E-state index is 5.66. The van der Waals surface area contributed by atoms with Gasteiger partial charge in [0, 0.05) is 13.2 Å². The summed E-state index contributed by atoms with van der Waals surface area (Å²) in [4.78, 5) is 0. The van der Waals surface area contributed by atoms with E-state index in [0.717, 1.165) is 38.5 Å². The minimum atomic E-state index is -1.36. The Balaban J connectivity index is 0. The van der Waals surface area contributed by atoms with Crippen LogP contribution < -0.4 is 0 Å². The summed E-state index contributed by atoms with van der Waals surface area (Å²) in [5.74, 6) is 0. The smallest absolute Gasteiger partial charge is 0.321 e. The van der Waals surface area contributed by atoms with Crippen LogP contribution in [-0.4, -0.2) is 33.5 Å². The van der Waals surface area contributed by atoms with Crippen molar-refractivity contribution in [3.63, 3.8) is 0 Å². The molecule has 0 fully saturated rings. The number of hydrogen-bond donors (Lipinski definition) is 0. The summed E-state index contributed by atoms with van der Waals surface area (Å²) in [7, 11) is -1.36. The van der Waals surface area contributed by atoms with Gasteiger partial charge in [0.15, 0.2) is 0 Å². The van der Waals surface area contributed by atoms with Crippen molar-refractivity contribution < 1.29 is 8.85 Å². The Morgan fingerprint density at radius 3 is 2.00 bits per heavy atom. The second kappa shape index (κ2) is 13.1. The Bertz CT molecular complexity index is 113. The average Bonchev–Trinajstić information content (AvgIpc) is 2.17. The predicted molar refractivity (Wildman–Crippen MR) is 70.6 cm³/mol. The zero-order valence-corrected chi connectivity index (χ0v) is 10.1. The van der Waals surface area contributed by atoms with Crippen molar-refractivity contribution in [1.29, 1.82) is 0 Å². The molecular formula is C10H26O2Si2. The fourth-order valence-corrected chi connectivity index (χ4v) is 2.90.